The highest BCUT2D eigenvalue weighted by Crippen LogP contribution is 2.24. The van der Waals surface area contributed by atoms with E-state index in [1.165, 1.54) is 12.4 Å². The molecule has 0 amide bonds. The normalized spacial score (nSPS) is 11.0. The first-order valence-corrected chi connectivity index (χ1v) is 6.97. The zero-order valence-electron chi connectivity index (χ0n) is 12.0. The number of rotatable bonds is 4. The molecule has 0 saturated carbocycles. The number of ether oxygens (including phenoxy) is 1. The van der Waals surface area contributed by atoms with Crippen LogP contribution in [0.15, 0.2) is 65.9 Å². The van der Waals surface area contributed by atoms with Crippen LogP contribution in [-0.2, 0) is 6.61 Å². The summed E-state index contributed by atoms with van der Waals surface area (Å²) >= 11 is 0. The highest BCUT2D eigenvalue weighted by atomic mass is 16.5. The van der Waals surface area contributed by atoms with Crippen LogP contribution in [0.4, 0.5) is 0 Å². The summed E-state index contributed by atoms with van der Waals surface area (Å²) in [6, 6.07) is 8.88. The first-order chi connectivity index (χ1) is 11.3. The third-order valence-electron chi connectivity index (χ3n) is 3.40. The van der Waals surface area contributed by atoms with Crippen LogP contribution in [-0.4, -0.2) is 14.6 Å². The van der Waals surface area contributed by atoms with E-state index < -0.39 is 0 Å². The average molecular weight is 308 g/mol. The Hall–Kier alpha value is -3.35. The summed E-state index contributed by atoms with van der Waals surface area (Å²) in [7, 11) is 0. The quantitative estimate of drug-likeness (QED) is 0.426. The third-order valence-corrected chi connectivity index (χ3v) is 3.40. The summed E-state index contributed by atoms with van der Waals surface area (Å²) in [5.74, 6) is 0.565. The van der Waals surface area contributed by atoms with Crippen molar-refractivity contribution in [2.24, 2.45) is 0 Å². The number of hydrogen-bond acceptors (Lipinski definition) is 5. The molecule has 4 aromatic heterocycles. The first-order valence-electron chi connectivity index (χ1n) is 6.97. The molecule has 7 nitrogen and oxygen atoms in total. The SMILES string of the molecule is [O-][n+]1ccc(COc2cc(-c3ccoc3)nc3ccnn23)cc1. The van der Waals surface area contributed by atoms with Crippen molar-refractivity contribution < 1.29 is 13.9 Å². The number of hydrogen-bond donors (Lipinski definition) is 0. The maximum Gasteiger partial charge on any atom is 0.218 e. The van der Waals surface area contributed by atoms with Gasteiger partial charge >= 0.3 is 0 Å². The van der Waals surface area contributed by atoms with Crippen LogP contribution in [0, 0.1) is 5.21 Å². The highest BCUT2D eigenvalue weighted by Gasteiger charge is 2.10. The van der Waals surface area contributed by atoms with Crippen LogP contribution in [0.25, 0.3) is 16.9 Å². The van der Waals surface area contributed by atoms with E-state index in [-0.39, 0.29) is 0 Å². The summed E-state index contributed by atoms with van der Waals surface area (Å²) in [6.07, 6.45) is 7.76. The van der Waals surface area contributed by atoms with Crippen LogP contribution in [0.5, 0.6) is 5.88 Å². The summed E-state index contributed by atoms with van der Waals surface area (Å²) < 4.78 is 13.3. The monoisotopic (exact) mass is 308 g/mol. The maximum atomic E-state index is 11.1. The van der Waals surface area contributed by atoms with Crippen molar-refractivity contribution in [2.45, 2.75) is 6.61 Å². The number of fused-ring (bicyclic) bond motifs is 1. The zero-order chi connectivity index (χ0) is 15.6. The van der Waals surface area contributed by atoms with Gasteiger partial charge in [-0.05, 0) is 6.07 Å². The molecule has 0 aliphatic carbocycles. The smallest absolute Gasteiger partial charge is 0.218 e. The molecule has 0 aliphatic rings. The van der Waals surface area contributed by atoms with Gasteiger partial charge in [0.15, 0.2) is 18.0 Å². The van der Waals surface area contributed by atoms with Gasteiger partial charge in [-0.1, -0.05) is 0 Å². The molecule has 0 atom stereocenters. The van der Waals surface area contributed by atoms with Gasteiger partial charge in [-0.2, -0.15) is 14.3 Å². The standard InChI is InChI=1S/C16H12N4O3/c21-19-6-2-12(3-7-19)10-23-16-9-14(13-4-8-22-11-13)18-15-1-5-17-20(15)16/h1-9,11H,10H2. The summed E-state index contributed by atoms with van der Waals surface area (Å²) in [6.45, 7) is 0.324. The lowest BCUT2D eigenvalue weighted by atomic mass is 10.2. The Morgan fingerprint density at radius 2 is 2.09 bits per heavy atom. The molecule has 0 radical (unpaired) electrons. The van der Waals surface area contributed by atoms with E-state index in [0.717, 1.165) is 21.6 Å². The van der Waals surface area contributed by atoms with Gasteiger partial charge in [-0.15, -0.1) is 0 Å². The van der Waals surface area contributed by atoms with Crippen LogP contribution >= 0.6 is 0 Å². The van der Waals surface area contributed by atoms with Gasteiger partial charge in [0.2, 0.25) is 5.88 Å². The van der Waals surface area contributed by atoms with Gasteiger partial charge in [0.1, 0.15) is 6.61 Å². The Morgan fingerprint density at radius 1 is 1.22 bits per heavy atom. The summed E-state index contributed by atoms with van der Waals surface area (Å²) in [5.41, 5.74) is 3.18. The molecule has 0 saturated heterocycles. The lowest BCUT2D eigenvalue weighted by molar-refractivity contribution is -0.605. The second-order valence-corrected chi connectivity index (χ2v) is 4.95. The van der Waals surface area contributed by atoms with Gasteiger partial charge in [0, 0.05) is 35.4 Å². The Kier molecular flexibility index (Phi) is 3.16. The zero-order valence-corrected chi connectivity index (χ0v) is 12.0. The molecule has 0 unspecified atom stereocenters. The number of aromatic nitrogens is 4. The van der Waals surface area contributed by atoms with Gasteiger partial charge in [0.25, 0.3) is 0 Å². The van der Waals surface area contributed by atoms with Gasteiger partial charge in [-0.3, -0.25) is 0 Å². The molecule has 0 N–H and O–H groups in total. The minimum absolute atomic E-state index is 0.324. The fourth-order valence-corrected chi connectivity index (χ4v) is 2.24. The van der Waals surface area contributed by atoms with E-state index in [2.05, 4.69) is 10.1 Å². The van der Waals surface area contributed by atoms with E-state index in [1.807, 2.05) is 12.1 Å². The average Bonchev–Trinajstić information content (AvgIpc) is 3.25. The minimum Gasteiger partial charge on any atom is -0.619 e. The Morgan fingerprint density at radius 3 is 2.87 bits per heavy atom. The van der Waals surface area contributed by atoms with E-state index in [9.17, 15) is 5.21 Å². The third kappa shape index (κ3) is 2.59. The Balaban J connectivity index is 1.67. The molecule has 7 heteroatoms. The molecule has 23 heavy (non-hydrogen) atoms. The molecular weight excluding hydrogens is 296 g/mol. The molecule has 0 aliphatic heterocycles. The molecule has 4 aromatic rings. The molecule has 0 fully saturated rings. The molecule has 114 valence electrons. The lowest BCUT2D eigenvalue weighted by Gasteiger charge is -2.09. The van der Waals surface area contributed by atoms with Crippen molar-refractivity contribution in [3.05, 3.63) is 72.2 Å². The number of nitrogens with zero attached hydrogens (tertiary/aromatic N) is 4. The Bertz CT molecular complexity index is 930. The van der Waals surface area contributed by atoms with E-state index in [0.29, 0.717) is 18.1 Å². The number of furan rings is 1. The van der Waals surface area contributed by atoms with Crippen LogP contribution in [0.1, 0.15) is 5.56 Å². The van der Waals surface area contributed by atoms with Crippen molar-refractivity contribution in [2.75, 3.05) is 0 Å². The van der Waals surface area contributed by atoms with Gasteiger partial charge < -0.3 is 14.4 Å². The Labute approximate surface area is 131 Å². The fourth-order valence-electron chi connectivity index (χ4n) is 2.24. The first kappa shape index (κ1) is 13.3. The highest BCUT2D eigenvalue weighted by molar-refractivity contribution is 5.62. The molecule has 4 rings (SSSR count). The van der Waals surface area contributed by atoms with Crippen LogP contribution in [0.2, 0.25) is 0 Å². The molecule has 0 spiro atoms. The predicted molar refractivity (Wildman–Crippen MR) is 80.4 cm³/mol. The van der Waals surface area contributed by atoms with Crippen LogP contribution < -0.4 is 9.47 Å². The van der Waals surface area contributed by atoms with Crippen molar-refractivity contribution in [3.8, 4) is 17.1 Å². The van der Waals surface area contributed by atoms with Crippen molar-refractivity contribution >= 4 is 5.65 Å². The van der Waals surface area contributed by atoms with Crippen molar-refractivity contribution in [1.29, 1.82) is 0 Å². The van der Waals surface area contributed by atoms with Crippen molar-refractivity contribution in [1.82, 2.24) is 14.6 Å². The van der Waals surface area contributed by atoms with Gasteiger partial charge in [-0.25, -0.2) is 4.98 Å². The predicted octanol–water partition coefficient (Wildman–Crippen LogP) is 2.20. The topological polar surface area (TPSA) is 79.5 Å². The van der Waals surface area contributed by atoms with E-state index in [1.54, 1.807) is 41.4 Å². The largest absolute Gasteiger partial charge is 0.619 e. The van der Waals surface area contributed by atoms with Gasteiger partial charge in [0.05, 0.1) is 24.4 Å². The van der Waals surface area contributed by atoms with E-state index >= 15 is 0 Å². The summed E-state index contributed by atoms with van der Waals surface area (Å²) in [5, 5.41) is 15.3. The van der Waals surface area contributed by atoms with Crippen LogP contribution in [0.3, 0.4) is 0 Å². The molecule has 4 heterocycles. The second-order valence-electron chi connectivity index (χ2n) is 4.95. The van der Waals surface area contributed by atoms with Crippen molar-refractivity contribution in [3.63, 3.8) is 0 Å². The molecular formula is C16H12N4O3. The fraction of sp³-hybridized carbons (Fsp3) is 0.0625. The molecule has 0 aromatic carbocycles. The number of pyridine rings is 1. The lowest BCUT2D eigenvalue weighted by Crippen LogP contribution is -2.23. The molecule has 0 bridgehead atoms. The second kappa shape index (κ2) is 5.45. The summed E-state index contributed by atoms with van der Waals surface area (Å²) in [4.78, 5) is 4.52. The maximum absolute atomic E-state index is 11.1. The minimum atomic E-state index is 0.324. The van der Waals surface area contributed by atoms with E-state index in [4.69, 9.17) is 9.15 Å².